The molecule has 0 aromatic heterocycles. The maximum Gasteiger partial charge on any atom is 0.188 e. The Labute approximate surface area is 124 Å². The molecule has 0 atom stereocenters. The molecule has 108 valence electrons. The van der Waals surface area contributed by atoms with Crippen LogP contribution in [0.4, 0.5) is 0 Å². The van der Waals surface area contributed by atoms with Crippen LogP contribution in [-0.2, 0) is 15.6 Å². The van der Waals surface area contributed by atoms with Gasteiger partial charge >= 0.3 is 0 Å². The summed E-state index contributed by atoms with van der Waals surface area (Å²) in [6.45, 7) is 17.1. The summed E-state index contributed by atoms with van der Waals surface area (Å²) in [7, 11) is 0.822. The second-order valence-electron chi connectivity index (χ2n) is 8.03. The highest BCUT2D eigenvalue weighted by Crippen LogP contribution is 2.47. The van der Waals surface area contributed by atoms with Crippen LogP contribution >= 0.6 is 19.8 Å². The molecule has 0 aliphatic heterocycles. The Morgan fingerprint density at radius 2 is 1.32 bits per heavy atom. The van der Waals surface area contributed by atoms with Crippen molar-refractivity contribution in [2.45, 2.75) is 66.2 Å². The quantitative estimate of drug-likeness (QED) is 0.537. The molecule has 1 aromatic carbocycles. The lowest BCUT2D eigenvalue weighted by atomic mass is 9.86. The van der Waals surface area contributed by atoms with Gasteiger partial charge in [0.15, 0.2) is 5.52 Å². The van der Waals surface area contributed by atoms with Gasteiger partial charge in [0.1, 0.15) is 0 Å². The van der Waals surface area contributed by atoms with Gasteiger partial charge in [-0.25, -0.2) is 0 Å². The minimum atomic E-state index is -0.440. The predicted octanol–water partition coefficient (Wildman–Crippen LogP) is 5.43. The van der Waals surface area contributed by atoms with Crippen molar-refractivity contribution < 1.29 is 4.79 Å². The minimum absolute atomic E-state index is 0.121. The summed E-state index contributed by atoms with van der Waals surface area (Å²) in [5.41, 5.74) is 2.80. The van der Waals surface area contributed by atoms with E-state index < -0.39 is 5.41 Å². The lowest BCUT2D eigenvalue weighted by Gasteiger charge is -2.18. The first-order chi connectivity index (χ1) is 8.32. The molecule has 19 heavy (non-hydrogen) atoms. The standard InChI is InChI=1S/C16H26ClOP/c1-14(2,3)10-11(15(4,5)6)12(10)19-13(18)16(7,8)9-17/h9H2,1-8H3. The first-order valence-corrected chi connectivity index (χ1v) is 8.20. The molecular weight excluding hydrogens is 275 g/mol. The Hall–Kier alpha value is -0.130. The molecule has 0 radical (unpaired) electrons. The normalized spacial score (nSPS) is 14.4. The Kier molecular flexibility index (Phi) is 4.46. The molecule has 0 amide bonds. The number of alkyl halides is 1. The van der Waals surface area contributed by atoms with E-state index in [9.17, 15) is 4.79 Å². The lowest BCUT2D eigenvalue weighted by molar-refractivity contribution is -0.117. The van der Waals surface area contributed by atoms with Crippen LogP contribution in [0.5, 0.6) is 0 Å². The maximum atomic E-state index is 12.3. The molecule has 1 rings (SSSR count). The number of carbonyl (C=O) groups excluding carboxylic acids is 1. The molecule has 1 aromatic rings. The minimum Gasteiger partial charge on any atom is -0.289 e. The fourth-order valence-electron chi connectivity index (χ4n) is 2.06. The van der Waals surface area contributed by atoms with Crippen molar-refractivity contribution >= 4 is 25.3 Å². The Morgan fingerprint density at radius 1 is 0.947 bits per heavy atom. The molecule has 0 unspecified atom stereocenters. The fraction of sp³-hybridized carbons (Fsp3) is 0.750. The van der Waals surface area contributed by atoms with E-state index in [1.165, 1.54) is 16.1 Å². The van der Waals surface area contributed by atoms with E-state index in [4.69, 9.17) is 11.6 Å². The van der Waals surface area contributed by atoms with Crippen LogP contribution in [-0.4, -0.2) is 11.4 Å². The zero-order valence-electron chi connectivity index (χ0n) is 13.4. The van der Waals surface area contributed by atoms with Crippen molar-refractivity contribution in [2.75, 3.05) is 5.88 Å². The van der Waals surface area contributed by atoms with Crippen LogP contribution in [0.1, 0.15) is 66.5 Å². The molecule has 0 saturated carbocycles. The number of hydrogen-bond acceptors (Lipinski definition) is 1. The Bertz CT molecular complexity index is 474. The summed E-state index contributed by atoms with van der Waals surface area (Å²) in [6, 6.07) is 0. The molecule has 0 heterocycles. The summed E-state index contributed by atoms with van der Waals surface area (Å²) < 4.78 is 0. The van der Waals surface area contributed by atoms with Gasteiger partial charge in [-0.05, 0) is 30.2 Å². The fourth-order valence-corrected chi connectivity index (χ4v) is 3.92. The number of hydrogen-bond donors (Lipinski definition) is 0. The van der Waals surface area contributed by atoms with Crippen LogP contribution in [0.2, 0.25) is 0 Å². The monoisotopic (exact) mass is 300 g/mol. The third-order valence-electron chi connectivity index (χ3n) is 3.29. The van der Waals surface area contributed by atoms with E-state index in [1.54, 1.807) is 0 Å². The van der Waals surface area contributed by atoms with Crippen molar-refractivity contribution in [3.8, 4) is 0 Å². The first-order valence-electron chi connectivity index (χ1n) is 6.77. The van der Waals surface area contributed by atoms with Gasteiger partial charge in [0.2, 0.25) is 0 Å². The third kappa shape index (κ3) is 3.70. The van der Waals surface area contributed by atoms with Gasteiger partial charge in [-0.15, -0.1) is 11.6 Å². The highest BCUT2D eigenvalue weighted by atomic mass is 35.5. The predicted molar refractivity (Wildman–Crippen MR) is 85.9 cm³/mol. The molecule has 0 aliphatic rings. The van der Waals surface area contributed by atoms with Gasteiger partial charge in [0.05, 0.1) is 0 Å². The van der Waals surface area contributed by atoms with Crippen molar-refractivity contribution in [3.63, 3.8) is 0 Å². The molecule has 0 saturated heterocycles. The molecular formula is C16H26ClOP. The maximum absolute atomic E-state index is 12.3. The lowest BCUT2D eigenvalue weighted by Crippen LogP contribution is -2.21. The van der Waals surface area contributed by atoms with Crippen molar-refractivity contribution in [3.05, 3.63) is 16.1 Å². The topological polar surface area (TPSA) is 17.1 Å². The van der Waals surface area contributed by atoms with Gasteiger partial charge < -0.3 is 0 Å². The Balaban J connectivity index is 3.26. The molecule has 0 fully saturated rings. The van der Waals surface area contributed by atoms with Crippen LogP contribution in [0.15, 0.2) is 0 Å². The molecule has 0 N–H and O–H groups in total. The van der Waals surface area contributed by atoms with E-state index in [1.807, 2.05) is 13.8 Å². The molecule has 0 bridgehead atoms. The summed E-state index contributed by atoms with van der Waals surface area (Å²) in [4.78, 5) is 13.6. The van der Waals surface area contributed by atoms with E-state index in [0.29, 0.717) is 5.88 Å². The summed E-state index contributed by atoms with van der Waals surface area (Å²) in [5, 5.41) is 0. The van der Waals surface area contributed by atoms with Crippen LogP contribution in [0.25, 0.3) is 0 Å². The van der Waals surface area contributed by atoms with Crippen LogP contribution in [0.3, 0.4) is 0 Å². The van der Waals surface area contributed by atoms with Crippen molar-refractivity contribution in [2.24, 2.45) is 5.41 Å². The average molecular weight is 301 g/mol. The van der Waals surface area contributed by atoms with Gasteiger partial charge in [-0.1, -0.05) is 55.4 Å². The smallest absolute Gasteiger partial charge is 0.188 e. The summed E-state index contributed by atoms with van der Waals surface area (Å²) in [6.07, 6.45) is 0. The molecule has 1 nitrogen and oxygen atoms in total. The largest absolute Gasteiger partial charge is 0.289 e. The van der Waals surface area contributed by atoms with Gasteiger partial charge in [-0.2, -0.15) is 0 Å². The average Bonchev–Trinajstić information content (AvgIpc) is 2.91. The zero-order chi connectivity index (χ0) is 15.2. The van der Waals surface area contributed by atoms with Gasteiger partial charge in [0.25, 0.3) is 0 Å². The van der Waals surface area contributed by atoms with Crippen LogP contribution < -0.4 is 0 Å². The van der Waals surface area contributed by atoms with Crippen molar-refractivity contribution in [1.29, 1.82) is 0 Å². The molecule has 3 heteroatoms. The molecule has 0 spiro atoms. The van der Waals surface area contributed by atoms with E-state index >= 15 is 0 Å². The number of halogens is 1. The first kappa shape index (κ1) is 16.9. The third-order valence-corrected chi connectivity index (χ3v) is 5.43. The van der Waals surface area contributed by atoms with E-state index in [-0.39, 0.29) is 16.4 Å². The van der Waals surface area contributed by atoms with Crippen LogP contribution in [0, 0.1) is 10.4 Å². The molecule has 0 aliphatic carbocycles. The van der Waals surface area contributed by atoms with Crippen molar-refractivity contribution in [1.82, 2.24) is 0 Å². The number of rotatable bonds is 3. The summed E-state index contributed by atoms with van der Waals surface area (Å²) >= 11 is 5.90. The van der Waals surface area contributed by atoms with E-state index in [0.717, 1.165) is 8.20 Å². The van der Waals surface area contributed by atoms with E-state index in [2.05, 4.69) is 41.5 Å². The summed E-state index contributed by atoms with van der Waals surface area (Å²) in [5.74, 6) is 0.377. The SMILES string of the molecule is CC(C)(CCl)C(=O)P=c1c(C(C)(C)C)c1C(C)(C)C. The highest BCUT2D eigenvalue weighted by molar-refractivity contribution is 7.51. The van der Waals surface area contributed by atoms with Gasteiger partial charge in [-0.3, -0.25) is 4.79 Å². The second-order valence-corrected chi connectivity index (χ2v) is 9.38. The zero-order valence-corrected chi connectivity index (χ0v) is 15.1. The highest BCUT2D eigenvalue weighted by Gasteiger charge is 2.37. The Morgan fingerprint density at radius 3 is 1.58 bits per heavy atom. The second kappa shape index (κ2) is 5.01. The van der Waals surface area contributed by atoms with Gasteiger partial charge in [0, 0.05) is 16.2 Å². The number of carbonyl (C=O) groups is 1.